The number of para-hydroxylation sites is 1. The number of thioether (sulfide) groups is 1. The van der Waals surface area contributed by atoms with Crippen LogP contribution in [0.15, 0.2) is 77.3 Å². The molecule has 1 unspecified atom stereocenters. The van der Waals surface area contributed by atoms with E-state index in [1.54, 1.807) is 36.4 Å². The van der Waals surface area contributed by atoms with Gasteiger partial charge in [-0.2, -0.15) is 5.26 Å². The molecule has 1 atom stereocenters. The van der Waals surface area contributed by atoms with E-state index in [4.69, 9.17) is 23.2 Å². The average Bonchev–Trinajstić information content (AvgIpc) is 3.14. The fraction of sp³-hybridized carbons (Fsp3) is 0.148. The maximum absolute atomic E-state index is 13.6. The number of amides is 2. The van der Waals surface area contributed by atoms with Gasteiger partial charge in [0.1, 0.15) is 16.7 Å². The number of carbonyl (C=O) groups excluding carboxylic acids is 2. The highest BCUT2D eigenvalue weighted by Crippen LogP contribution is 2.42. The summed E-state index contributed by atoms with van der Waals surface area (Å²) in [7, 11) is 0. The molecule has 4 rings (SSSR count). The first-order valence-electron chi connectivity index (χ1n) is 10.8. The van der Waals surface area contributed by atoms with Crippen molar-refractivity contribution >= 4 is 58.2 Å². The Hall–Kier alpha value is -3.24. The van der Waals surface area contributed by atoms with Crippen LogP contribution in [0.3, 0.4) is 0 Å². The largest absolute Gasteiger partial charge is 0.320 e. The van der Waals surface area contributed by atoms with Gasteiger partial charge >= 0.3 is 0 Å². The van der Waals surface area contributed by atoms with E-state index in [2.05, 4.69) is 5.32 Å². The average molecular weight is 522 g/mol. The zero-order chi connectivity index (χ0) is 25.1. The molecule has 0 radical (unpaired) electrons. The van der Waals surface area contributed by atoms with E-state index in [9.17, 15) is 14.9 Å². The standard InChI is InChI=1S/C27H21Cl2N3O2S/c1-16-7-11-19(12-8-16)32-26(34)24(14-18-10-9-17(2)22(29)13-18)35-27(32)20(15-30)25(33)31-23-6-4-3-5-21(23)28/h3-13,24H,14H2,1-2H3,(H,31,33). The van der Waals surface area contributed by atoms with Gasteiger partial charge in [-0.3, -0.25) is 14.5 Å². The van der Waals surface area contributed by atoms with Crippen molar-refractivity contribution in [2.24, 2.45) is 0 Å². The van der Waals surface area contributed by atoms with E-state index in [0.29, 0.717) is 27.8 Å². The second kappa shape index (κ2) is 10.6. The Morgan fingerprint density at radius 1 is 1.06 bits per heavy atom. The van der Waals surface area contributed by atoms with E-state index >= 15 is 0 Å². The van der Waals surface area contributed by atoms with Crippen LogP contribution < -0.4 is 10.2 Å². The van der Waals surface area contributed by atoms with E-state index in [-0.39, 0.29) is 16.5 Å². The van der Waals surface area contributed by atoms with Gasteiger partial charge in [-0.05, 0) is 61.7 Å². The highest BCUT2D eigenvalue weighted by Gasteiger charge is 2.40. The molecule has 35 heavy (non-hydrogen) atoms. The summed E-state index contributed by atoms with van der Waals surface area (Å²) in [6, 6.07) is 21.8. The molecule has 8 heteroatoms. The fourth-order valence-corrected chi connectivity index (χ4v) is 5.34. The number of aryl methyl sites for hydroxylation is 2. The molecule has 0 spiro atoms. The third-order valence-electron chi connectivity index (χ3n) is 5.58. The lowest BCUT2D eigenvalue weighted by Crippen LogP contribution is -2.31. The number of hydrogen-bond donors (Lipinski definition) is 1. The number of hydrogen-bond acceptors (Lipinski definition) is 4. The first-order valence-corrected chi connectivity index (χ1v) is 12.4. The molecule has 2 amide bonds. The summed E-state index contributed by atoms with van der Waals surface area (Å²) in [6.07, 6.45) is 0.403. The normalized spacial score (nSPS) is 16.7. The number of rotatable bonds is 5. The Kier molecular flexibility index (Phi) is 7.51. The lowest BCUT2D eigenvalue weighted by Gasteiger charge is -2.19. The van der Waals surface area contributed by atoms with Gasteiger partial charge < -0.3 is 5.32 Å². The predicted octanol–water partition coefficient (Wildman–Crippen LogP) is 6.68. The third-order valence-corrected chi connectivity index (χ3v) is 7.58. The Morgan fingerprint density at radius 2 is 1.77 bits per heavy atom. The van der Waals surface area contributed by atoms with Gasteiger partial charge in [0.2, 0.25) is 5.91 Å². The monoisotopic (exact) mass is 521 g/mol. The maximum Gasteiger partial charge on any atom is 0.269 e. The number of benzene rings is 3. The molecule has 1 N–H and O–H groups in total. The SMILES string of the molecule is Cc1ccc(N2C(=O)C(Cc3ccc(C)c(Cl)c3)SC2=C(C#N)C(=O)Nc2ccccc2Cl)cc1. The molecule has 1 saturated heterocycles. The summed E-state index contributed by atoms with van der Waals surface area (Å²) in [5.41, 5.74) is 3.69. The lowest BCUT2D eigenvalue weighted by atomic mass is 10.1. The molecule has 3 aromatic carbocycles. The summed E-state index contributed by atoms with van der Waals surface area (Å²) in [6.45, 7) is 3.86. The van der Waals surface area contributed by atoms with Crippen LogP contribution in [0.5, 0.6) is 0 Å². The smallest absolute Gasteiger partial charge is 0.269 e. The van der Waals surface area contributed by atoms with Crippen molar-refractivity contribution in [2.45, 2.75) is 25.5 Å². The second-order valence-electron chi connectivity index (χ2n) is 8.13. The Labute approximate surface area is 218 Å². The van der Waals surface area contributed by atoms with Crippen LogP contribution in [-0.4, -0.2) is 17.1 Å². The zero-order valence-corrected chi connectivity index (χ0v) is 21.3. The second-order valence-corrected chi connectivity index (χ2v) is 10.1. The number of nitrogens with one attached hydrogen (secondary N) is 1. The molecule has 0 saturated carbocycles. The summed E-state index contributed by atoms with van der Waals surface area (Å²) < 4.78 is 0. The molecule has 5 nitrogen and oxygen atoms in total. The molecular formula is C27H21Cl2N3O2S. The first-order chi connectivity index (χ1) is 16.8. The molecule has 176 valence electrons. The molecule has 0 aromatic heterocycles. The summed E-state index contributed by atoms with van der Waals surface area (Å²) in [5.74, 6) is -0.837. The van der Waals surface area contributed by atoms with Gasteiger partial charge in [0.05, 0.1) is 16.0 Å². The van der Waals surface area contributed by atoms with Crippen LogP contribution in [0, 0.1) is 25.2 Å². The summed E-state index contributed by atoms with van der Waals surface area (Å²) in [4.78, 5) is 28.2. The maximum atomic E-state index is 13.6. The number of nitrogens with zero attached hydrogens (tertiary/aromatic N) is 2. The molecule has 0 bridgehead atoms. The van der Waals surface area contributed by atoms with E-state index < -0.39 is 11.2 Å². The zero-order valence-electron chi connectivity index (χ0n) is 19.0. The minimum atomic E-state index is -0.632. The molecule has 1 aliphatic rings. The predicted molar refractivity (Wildman–Crippen MR) is 143 cm³/mol. The van der Waals surface area contributed by atoms with Crippen molar-refractivity contribution in [2.75, 3.05) is 10.2 Å². The van der Waals surface area contributed by atoms with Crippen LogP contribution in [0.25, 0.3) is 0 Å². The minimum Gasteiger partial charge on any atom is -0.320 e. The Morgan fingerprint density at radius 3 is 2.43 bits per heavy atom. The van der Waals surface area contributed by atoms with Crippen molar-refractivity contribution in [3.8, 4) is 6.07 Å². The van der Waals surface area contributed by atoms with Crippen molar-refractivity contribution in [3.63, 3.8) is 0 Å². The molecule has 0 aliphatic carbocycles. The van der Waals surface area contributed by atoms with Crippen molar-refractivity contribution in [1.29, 1.82) is 5.26 Å². The van der Waals surface area contributed by atoms with E-state index in [1.807, 2.05) is 50.2 Å². The number of anilines is 2. The Bertz CT molecular complexity index is 1380. The molecule has 1 aliphatic heterocycles. The van der Waals surface area contributed by atoms with Gasteiger partial charge in [0.15, 0.2) is 0 Å². The number of carbonyl (C=O) groups is 2. The molecule has 3 aromatic rings. The van der Waals surface area contributed by atoms with E-state index in [0.717, 1.165) is 16.7 Å². The summed E-state index contributed by atoms with van der Waals surface area (Å²) >= 11 is 13.7. The van der Waals surface area contributed by atoms with Gasteiger partial charge in [-0.15, -0.1) is 0 Å². The van der Waals surface area contributed by atoms with Crippen LogP contribution in [0.2, 0.25) is 10.0 Å². The van der Waals surface area contributed by atoms with Crippen LogP contribution in [-0.2, 0) is 16.0 Å². The van der Waals surface area contributed by atoms with Gasteiger partial charge in [0.25, 0.3) is 5.91 Å². The van der Waals surface area contributed by atoms with Gasteiger partial charge in [0, 0.05) is 10.7 Å². The van der Waals surface area contributed by atoms with Gasteiger partial charge in [-0.25, -0.2) is 0 Å². The highest BCUT2D eigenvalue weighted by atomic mass is 35.5. The number of nitriles is 1. The van der Waals surface area contributed by atoms with E-state index in [1.165, 1.54) is 16.7 Å². The molecule has 1 fully saturated rings. The van der Waals surface area contributed by atoms with Crippen LogP contribution >= 0.6 is 35.0 Å². The number of halogens is 2. The van der Waals surface area contributed by atoms with Crippen LogP contribution in [0.1, 0.15) is 16.7 Å². The highest BCUT2D eigenvalue weighted by molar-refractivity contribution is 8.05. The van der Waals surface area contributed by atoms with Crippen molar-refractivity contribution in [1.82, 2.24) is 0 Å². The van der Waals surface area contributed by atoms with Crippen molar-refractivity contribution < 1.29 is 9.59 Å². The third kappa shape index (κ3) is 5.38. The fourth-order valence-electron chi connectivity index (χ4n) is 3.64. The van der Waals surface area contributed by atoms with Crippen LogP contribution in [0.4, 0.5) is 11.4 Å². The molecule has 1 heterocycles. The molecular weight excluding hydrogens is 501 g/mol. The Balaban J connectivity index is 1.74. The van der Waals surface area contributed by atoms with Crippen molar-refractivity contribution in [3.05, 3.63) is 104 Å². The lowest BCUT2D eigenvalue weighted by molar-refractivity contribution is -0.117. The topological polar surface area (TPSA) is 73.2 Å². The first kappa shape index (κ1) is 24.9. The quantitative estimate of drug-likeness (QED) is 0.300. The van der Waals surface area contributed by atoms with Gasteiger partial charge in [-0.1, -0.05) is 76.9 Å². The summed E-state index contributed by atoms with van der Waals surface area (Å²) in [5, 5.41) is 13.4. The minimum absolute atomic E-state index is 0.159.